The maximum atomic E-state index is 13.2. The number of ether oxygens (including phenoxy) is 1. The molecule has 0 atom stereocenters. The zero-order valence-electron chi connectivity index (χ0n) is 21.4. The van der Waals surface area contributed by atoms with Crippen LogP contribution in [-0.4, -0.2) is 43.2 Å². The fraction of sp³-hybridized carbons (Fsp3) is 0.560. The SMILES string of the molecule is CCc1nc(C(=O)NCC2CCC(C)CC2)c(C#N)n1-c1ccc(CCC(F)(F)F)cc1OC(F)F.O=S=O. The molecular formula is C25H29F5N4O4S. The third kappa shape index (κ3) is 9.42. The summed E-state index contributed by atoms with van der Waals surface area (Å²) in [5.74, 6) is 0.298. The Morgan fingerprint density at radius 2 is 1.90 bits per heavy atom. The van der Waals surface area contributed by atoms with Crippen LogP contribution in [0.4, 0.5) is 22.0 Å². The lowest BCUT2D eigenvalue weighted by atomic mass is 9.83. The van der Waals surface area contributed by atoms with E-state index in [-0.39, 0.29) is 34.9 Å². The molecule has 0 bridgehead atoms. The number of alkyl halides is 5. The van der Waals surface area contributed by atoms with E-state index in [1.807, 2.05) is 6.07 Å². The lowest BCUT2D eigenvalue weighted by molar-refractivity contribution is -0.134. The molecule has 1 aromatic carbocycles. The molecule has 1 heterocycles. The van der Waals surface area contributed by atoms with E-state index < -0.39 is 48.9 Å². The maximum Gasteiger partial charge on any atom is 0.389 e. The van der Waals surface area contributed by atoms with Gasteiger partial charge < -0.3 is 10.1 Å². The lowest BCUT2D eigenvalue weighted by Gasteiger charge is -2.26. The van der Waals surface area contributed by atoms with Crippen LogP contribution in [0.3, 0.4) is 0 Å². The fourth-order valence-corrected chi connectivity index (χ4v) is 4.45. The Morgan fingerprint density at radius 3 is 2.44 bits per heavy atom. The molecular weight excluding hydrogens is 547 g/mol. The third-order valence-corrected chi connectivity index (χ3v) is 6.45. The van der Waals surface area contributed by atoms with E-state index in [0.29, 0.717) is 18.4 Å². The lowest BCUT2D eigenvalue weighted by Crippen LogP contribution is -2.31. The predicted molar refractivity (Wildman–Crippen MR) is 131 cm³/mol. The molecule has 0 spiro atoms. The number of carbonyl (C=O) groups excluding carboxylic acids is 1. The van der Waals surface area contributed by atoms with Gasteiger partial charge in [0.1, 0.15) is 17.6 Å². The minimum Gasteiger partial charge on any atom is -0.433 e. The number of aromatic nitrogens is 2. The van der Waals surface area contributed by atoms with Crippen molar-refractivity contribution in [2.45, 2.75) is 71.6 Å². The van der Waals surface area contributed by atoms with Gasteiger partial charge in [0.25, 0.3) is 5.91 Å². The molecule has 0 radical (unpaired) electrons. The van der Waals surface area contributed by atoms with Crippen molar-refractivity contribution in [3.63, 3.8) is 0 Å². The number of carbonyl (C=O) groups is 1. The van der Waals surface area contributed by atoms with E-state index in [9.17, 15) is 32.0 Å². The van der Waals surface area contributed by atoms with Gasteiger partial charge in [0.15, 0.2) is 11.4 Å². The molecule has 1 N–H and O–H groups in total. The molecule has 1 saturated carbocycles. The predicted octanol–water partition coefficient (Wildman–Crippen LogP) is 5.29. The second-order valence-corrected chi connectivity index (χ2v) is 9.36. The number of nitriles is 1. The minimum atomic E-state index is -4.41. The molecule has 1 aliphatic carbocycles. The molecule has 0 aliphatic heterocycles. The quantitative estimate of drug-likeness (QED) is 0.406. The van der Waals surface area contributed by atoms with Gasteiger partial charge in [-0.25, -0.2) is 4.98 Å². The smallest absolute Gasteiger partial charge is 0.389 e. The standard InChI is InChI=1S/C25H29F5N4O2.O2S/c1-3-21-33-22(23(35)32-14-17-6-4-15(2)5-7-17)19(13-31)34(21)18-9-8-16(10-11-25(28,29)30)12-20(18)36-24(26)27;1-3-2/h8-9,12,15,17,24H,3-7,10-11,14H2,1-2H3,(H,32,35);. The first-order valence-corrected chi connectivity index (χ1v) is 13.0. The van der Waals surface area contributed by atoms with Crippen molar-refractivity contribution in [2.75, 3.05) is 6.54 Å². The Kier molecular flexibility index (Phi) is 12.0. The van der Waals surface area contributed by atoms with Gasteiger partial charge in [-0.15, -0.1) is 0 Å². The van der Waals surface area contributed by atoms with E-state index in [1.165, 1.54) is 16.7 Å². The average molecular weight is 577 g/mol. The van der Waals surface area contributed by atoms with Crippen molar-refractivity contribution in [3.8, 4) is 17.5 Å². The van der Waals surface area contributed by atoms with Gasteiger partial charge >= 0.3 is 24.4 Å². The molecule has 1 aromatic heterocycles. The van der Waals surface area contributed by atoms with Crippen LogP contribution in [-0.2, 0) is 24.4 Å². The number of imidazole rings is 1. The Labute approximate surface area is 226 Å². The van der Waals surface area contributed by atoms with Gasteiger partial charge in [-0.1, -0.05) is 32.8 Å². The van der Waals surface area contributed by atoms with E-state index in [2.05, 4.69) is 22.0 Å². The third-order valence-electron chi connectivity index (χ3n) is 6.45. The maximum absolute atomic E-state index is 13.2. The summed E-state index contributed by atoms with van der Waals surface area (Å²) in [6.07, 6.45) is -1.53. The van der Waals surface area contributed by atoms with E-state index in [1.54, 1.807) is 6.92 Å². The van der Waals surface area contributed by atoms with Crippen LogP contribution < -0.4 is 10.1 Å². The number of hydrogen-bond acceptors (Lipinski definition) is 6. The summed E-state index contributed by atoms with van der Waals surface area (Å²) < 4.78 is 86.7. The Balaban J connectivity index is 0.00000170. The number of nitrogens with one attached hydrogen (secondary N) is 1. The summed E-state index contributed by atoms with van der Waals surface area (Å²) in [4.78, 5) is 17.2. The van der Waals surface area contributed by atoms with Gasteiger partial charge in [-0.3, -0.25) is 9.36 Å². The highest BCUT2D eigenvalue weighted by atomic mass is 32.1. The molecule has 1 amide bonds. The average Bonchev–Trinajstić information content (AvgIpc) is 3.25. The fourth-order valence-electron chi connectivity index (χ4n) is 4.45. The number of benzene rings is 1. The highest BCUT2D eigenvalue weighted by Gasteiger charge is 2.28. The molecule has 1 aliphatic rings. The van der Waals surface area contributed by atoms with E-state index in [0.717, 1.165) is 31.7 Å². The van der Waals surface area contributed by atoms with Crippen LogP contribution >= 0.6 is 0 Å². The van der Waals surface area contributed by atoms with Crippen molar-refractivity contribution in [1.29, 1.82) is 5.26 Å². The number of rotatable bonds is 9. The highest BCUT2D eigenvalue weighted by molar-refractivity contribution is 7.51. The highest BCUT2D eigenvalue weighted by Crippen LogP contribution is 2.32. The summed E-state index contributed by atoms with van der Waals surface area (Å²) in [5.41, 5.74) is -0.165. The molecule has 214 valence electrons. The Hall–Kier alpha value is -3.34. The number of halogens is 5. The Bertz CT molecular complexity index is 1200. The van der Waals surface area contributed by atoms with Crippen molar-refractivity contribution in [3.05, 3.63) is 41.0 Å². The second kappa shape index (κ2) is 14.7. The summed E-state index contributed by atoms with van der Waals surface area (Å²) in [7, 11) is 0. The number of aryl methyl sites for hydroxylation is 2. The molecule has 0 saturated heterocycles. The zero-order valence-corrected chi connectivity index (χ0v) is 22.2. The molecule has 0 unspecified atom stereocenters. The number of hydrogen-bond donors (Lipinski definition) is 1. The van der Waals surface area contributed by atoms with Crippen LogP contribution in [0.15, 0.2) is 18.2 Å². The molecule has 3 rings (SSSR count). The van der Waals surface area contributed by atoms with Gasteiger partial charge in [-0.05, 0) is 48.8 Å². The van der Waals surface area contributed by atoms with Gasteiger partial charge in [0, 0.05) is 19.4 Å². The van der Waals surface area contributed by atoms with Crippen molar-refractivity contribution in [2.24, 2.45) is 11.8 Å². The largest absolute Gasteiger partial charge is 0.433 e. The molecule has 2 aromatic rings. The summed E-state index contributed by atoms with van der Waals surface area (Å²) >= 11 is -0.750. The minimum absolute atomic E-state index is 0.00715. The van der Waals surface area contributed by atoms with Gasteiger partial charge in [-0.2, -0.15) is 35.6 Å². The van der Waals surface area contributed by atoms with Crippen molar-refractivity contribution < 1.29 is 39.9 Å². The van der Waals surface area contributed by atoms with Crippen LogP contribution in [0.5, 0.6) is 5.75 Å². The first kappa shape index (κ1) is 31.9. The molecule has 1 fully saturated rings. The van der Waals surface area contributed by atoms with Crippen molar-refractivity contribution >= 4 is 17.5 Å². The van der Waals surface area contributed by atoms with Crippen LogP contribution in [0.25, 0.3) is 5.69 Å². The van der Waals surface area contributed by atoms with E-state index in [4.69, 9.17) is 8.42 Å². The first-order valence-electron chi connectivity index (χ1n) is 12.3. The van der Waals surface area contributed by atoms with Crippen LogP contribution in [0.2, 0.25) is 0 Å². The normalized spacial score (nSPS) is 17.1. The molecule has 14 heteroatoms. The van der Waals surface area contributed by atoms with Gasteiger partial charge in [0.2, 0.25) is 0 Å². The molecule has 39 heavy (non-hydrogen) atoms. The van der Waals surface area contributed by atoms with Gasteiger partial charge in [0.05, 0.1) is 5.69 Å². The summed E-state index contributed by atoms with van der Waals surface area (Å²) in [5, 5.41) is 12.7. The topological polar surface area (TPSA) is 114 Å². The molecule has 8 nitrogen and oxygen atoms in total. The summed E-state index contributed by atoms with van der Waals surface area (Å²) in [6, 6.07) is 5.68. The van der Waals surface area contributed by atoms with E-state index >= 15 is 0 Å². The van der Waals surface area contributed by atoms with Crippen LogP contribution in [0, 0.1) is 23.2 Å². The Morgan fingerprint density at radius 1 is 1.26 bits per heavy atom. The van der Waals surface area contributed by atoms with Crippen molar-refractivity contribution in [1.82, 2.24) is 14.9 Å². The number of nitrogens with zero attached hydrogens (tertiary/aromatic N) is 3. The second-order valence-electron chi connectivity index (χ2n) is 9.23. The number of amides is 1. The zero-order chi connectivity index (χ0) is 29.2. The summed E-state index contributed by atoms with van der Waals surface area (Å²) in [6.45, 7) is 1.11. The van der Waals surface area contributed by atoms with Crippen LogP contribution in [0.1, 0.15) is 73.5 Å². The first-order chi connectivity index (χ1) is 18.4. The monoisotopic (exact) mass is 576 g/mol.